The Kier molecular flexibility index (Phi) is 5.67. The van der Waals surface area contributed by atoms with Gasteiger partial charge in [-0.2, -0.15) is 0 Å². The second kappa shape index (κ2) is 6.79. The lowest BCUT2D eigenvalue weighted by Gasteiger charge is -2.35. The summed E-state index contributed by atoms with van der Waals surface area (Å²) in [4.78, 5) is 2.55. The van der Waals surface area contributed by atoms with Crippen LogP contribution in [-0.2, 0) is 0 Å². The number of benzene rings is 1. The molecule has 0 saturated carbocycles. The Balaban J connectivity index is 0.00000162. The monoisotopic (exact) mass is 249 g/mol. The lowest BCUT2D eigenvalue weighted by Crippen LogP contribution is -2.50. The van der Waals surface area contributed by atoms with Gasteiger partial charge in [-0.25, -0.2) is 0 Å². The molecule has 18 heavy (non-hydrogen) atoms. The molecule has 0 atom stereocenters. The predicted octanol–water partition coefficient (Wildman–Crippen LogP) is 3.39. The molecule has 1 aliphatic heterocycles. The molecule has 1 fully saturated rings. The van der Waals surface area contributed by atoms with Crippen LogP contribution in [0.5, 0.6) is 0 Å². The van der Waals surface area contributed by atoms with E-state index >= 15 is 0 Å². The third-order valence-corrected chi connectivity index (χ3v) is 4.37. The third-order valence-electron chi connectivity index (χ3n) is 4.37. The lowest BCUT2D eigenvalue weighted by atomic mass is 10.3. The molecule has 0 radical (unpaired) electrons. The maximum absolute atomic E-state index is 2.55. The van der Waals surface area contributed by atoms with Gasteiger partial charge in [-0.05, 0) is 26.0 Å². The van der Waals surface area contributed by atoms with Gasteiger partial charge in [0.15, 0.2) is 0 Å². The van der Waals surface area contributed by atoms with Gasteiger partial charge in [0, 0.05) is 18.7 Å². The van der Waals surface area contributed by atoms with Crippen LogP contribution in [0.1, 0.15) is 27.7 Å². The van der Waals surface area contributed by atoms with E-state index in [9.17, 15) is 0 Å². The molecule has 2 nitrogen and oxygen atoms in total. The Labute approximate surface area is 113 Å². The number of nitrogens with zero attached hydrogens (tertiary/aromatic N) is 2. The number of hydrogen-bond donors (Lipinski definition) is 0. The highest BCUT2D eigenvalue weighted by Gasteiger charge is 2.27. The van der Waals surface area contributed by atoms with E-state index < -0.39 is 0 Å². The summed E-state index contributed by atoms with van der Waals surface area (Å²) < 4.78 is 1.29. The number of likely N-dealkylation sites (N-methyl/N-ethyl adjacent to an activating group) is 1. The molecule has 1 aromatic rings. The molecule has 1 saturated heterocycles. The minimum atomic E-state index is 0. The van der Waals surface area contributed by atoms with Crippen molar-refractivity contribution in [2.75, 3.05) is 44.2 Å². The molecule has 0 N–H and O–H groups in total. The maximum atomic E-state index is 2.55. The molecule has 1 aromatic carbocycles. The second-order valence-corrected chi connectivity index (χ2v) is 5.10. The first-order valence-electron chi connectivity index (χ1n) is 6.95. The van der Waals surface area contributed by atoms with Crippen LogP contribution < -0.4 is 4.90 Å². The van der Waals surface area contributed by atoms with Crippen molar-refractivity contribution in [1.82, 2.24) is 0 Å². The van der Waals surface area contributed by atoms with E-state index in [2.05, 4.69) is 49.1 Å². The van der Waals surface area contributed by atoms with E-state index in [-0.39, 0.29) is 7.43 Å². The predicted molar refractivity (Wildman–Crippen MR) is 81.1 cm³/mol. The highest BCUT2D eigenvalue weighted by atomic mass is 15.4. The second-order valence-electron chi connectivity index (χ2n) is 5.10. The zero-order chi connectivity index (χ0) is 12.1. The SMILES string of the molecule is C.CC[N+]1(CC)CCCN(c2ccccc2)CC1. The van der Waals surface area contributed by atoms with Gasteiger partial charge in [0.2, 0.25) is 0 Å². The van der Waals surface area contributed by atoms with Crippen molar-refractivity contribution in [3.8, 4) is 0 Å². The van der Waals surface area contributed by atoms with Crippen molar-refractivity contribution in [2.24, 2.45) is 0 Å². The topological polar surface area (TPSA) is 3.24 Å². The van der Waals surface area contributed by atoms with E-state index in [0.29, 0.717) is 0 Å². The van der Waals surface area contributed by atoms with Crippen molar-refractivity contribution in [3.63, 3.8) is 0 Å². The standard InChI is InChI=1S/C15H25N2.CH4/c1-3-17(4-2)13-8-11-16(12-14-17)15-9-6-5-7-10-15;/h5-7,9-10H,3-4,8,11-14H2,1-2H3;1H4/q+1;. The Bertz CT molecular complexity index is 330. The van der Waals surface area contributed by atoms with Gasteiger partial charge in [-0.1, -0.05) is 25.6 Å². The summed E-state index contributed by atoms with van der Waals surface area (Å²) in [5.74, 6) is 0. The fraction of sp³-hybridized carbons (Fsp3) is 0.625. The summed E-state index contributed by atoms with van der Waals surface area (Å²) in [6.45, 7) is 12.3. The molecule has 0 aliphatic carbocycles. The average molecular weight is 249 g/mol. The molecule has 1 heterocycles. The molecule has 0 unspecified atom stereocenters. The van der Waals surface area contributed by atoms with Crippen molar-refractivity contribution in [3.05, 3.63) is 30.3 Å². The Morgan fingerprint density at radius 1 is 1.00 bits per heavy atom. The summed E-state index contributed by atoms with van der Waals surface area (Å²) in [7, 11) is 0. The maximum Gasteiger partial charge on any atom is 0.0964 e. The van der Waals surface area contributed by atoms with Gasteiger partial charge in [0.25, 0.3) is 0 Å². The number of para-hydroxylation sites is 1. The summed E-state index contributed by atoms with van der Waals surface area (Å²) in [5.41, 5.74) is 1.39. The van der Waals surface area contributed by atoms with Crippen LogP contribution in [-0.4, -0.2) is 43.8 Å². The Morgan fingerprint density at radius 2 is 1.67 bits per heavy atom. The van der Waals surface area contributed by atoms with E-state index in [0.717, 1.165) is 0 Å². The molecule has 0 spiro atoms. The molecule has 1 aliphatic rings. The summed E-state index contributed by atoms with van der Waals surface area (Å²) in [6, 6.07) is 10.8. The first-order valence-corrected chi connectivity index (χ1v) is 6.95. The first kappa shape index (κ1) is 15.0. The van der Waals surface area contributed by atoms with Gasteiger partial charge in [0.05, 0.1) is 32.7 Å². The number of anilines is 1. The normalized spacial score (nSPS) is 18.9. The van der Waals surface area contributed by atoms with Gasteiger partial charge in [-0.15, -0.1) is 0 Å². The van der Waals surface area contributed by atoms with E-state index in [1.54, 1.807) is 0 Å². The molecule has 0 bridgehead atoms. The molecule has 0 amide bonds. The fourth-order valence-electron chi connectivity index (χ4n) is 2.91. The molecule has 2 heteroatoms. The number of quaternary nitrogens is 1. The van der Waals surface area contributed by atoms with E-state index in [1.807, 2.05) is 0 Å². The zero-order valence-electron chi connectivity index (χ0n) is 11.2. The Morgan fingerprint density at radius 3 is 2.28 bits per heavy atom. The molecular weight excluding hydrogens is 220 g/mol. The van der Waals surface area contributed by atoms with Crippen LogP contribution in [0.15, 0.2) is 30.3 Å². The first-order chi connectivity index (χ1) is 8.29. The smallest absolute Gasteiger partial charge is 0.0964 e. The summed E-state index contributed by atoms with van der Waals surface area (Å²) in [6.07, 6.45) is 1.32. The fourth-order valence-corrected chi connectivity index (χ4v) is 2.91. The van der Waals surface area contributed by atoms with Crippen LogP contribution in [0.3, 0.4) is 0 Å². The third kappa shape index (κ3) is 3.26. The van der Waals surface area contributed by atoms with Crippen molar-refractivity contribution in [2.45, 2.75) is 27.7 Å². The minimum Gasteiger partial charge on any atom is -0.366 e. The quantitative estimate of drug-likeness (QED) is 0.742. The van der Waals surface area contributed by atoms with Crippen LogP contribution in [0, 0.1) is 0 Å². The zero-order valence-corrected chi connectivity index (χ0v) is 11.2. The van der Waals surface area contributed by atoms with Crippen LogP contribution >= 0.6 is 0 Å². The molecule has 0 aromatic heterocycles. The minimum absolute atomic E-state index is 0. The molecule has 102 valence electrons. The van der Waals surface area contributed by atoms with Crippen molar-refractivity contribution in [1.29, 1.82) is 0 Å². The highest BCUT2D eigenvalue weighted by Crippen LogP contribution is 2.19. The van der Waals surface area contributed by atoms with Gasteiger partial charge in [0.1, 0.15) is 0 Å². The molecule has 2 rings (SSSR count). The van der Waals surface area contributed by atoms with Crippen LogP contribution in [0.4, 0.5) is 5.69 Å². The Hall–Kier alpha value is -1.02. The van der Waals surface area contributed by atoms with Gasteiger partial charge >= 0.3 is 0 Å². The van der Waals surface area contributed by atoms with Crippen LogP contribution in [0.25, 0.3) is 0 Å². The van der Waals surface area contributed by atoms with E-state index in [1.165, 1.54) is 55.9 Å². The number of rotatable bonds is 3. The van der Waals surface area contributed by atoms with Crippen molar-refractivity contribution >= 4 is 5.69 Å². The lowest BCUT2D eigenvalue weighted by molar-refractivity contribution is -0.922. The highest BCUT2D eigenvalue weighted by molar-refractivity contribution is 5.45. The average Bonchev–Trinajstić information content (AvgIpc) is 2.63. The van der Waals surface area contributed by atoms with Gasteiger partial charge in [-0.3, -0.25) is 0 Å². The van der Waals surface area contributed by atoms with Crippen LogP contribution in [0.2, 0.25) is 0 Å². The summed E-state index contributed by atoms with van der Waals surface area (Å²) in [5, 5.41) is 0. The van der Waals surface area contributed by atoms with Gasteiger partial charge < -0.3 is 9.38 Å². The number of hydrogen-bond acceptors (Lipinski definition) is 1. The molecular formula is C16H29N2+. The summed E-state index contributed by atoms with van der Waals surface area (Å²) >= 11 is 0. The van der Waals surface area contributed by atoms with E-state index in [4.69, 9.17) is 0 Å². The van der Waals surface area contributed by atoms with Crippen molar-refractivity contribution < 1.29 is 4.48 Å². The largest absolute Gasteiger partial charge is 0.366 e.